The molecule has 0 atom stereocenters. The molecular formula is C24H29FN2O4. The number of anilines is 1. The largest absolute Gasteiger partial charge is 0.493 e. The number of carbonyl (C=O) groups is 1. The van der Waals surface area contributed by atoms with Crippen LogP contribution in [0.2, 0.25) is 0 Å². The lowest BCUT2D eigenvalue weighted by Gasteiger charge is -2.35. The number of hydrogen-bond acceptors (Lipinski definition) is 6. The van der Waals surface area contributed by atoms with Gasteiger partial charge in [0.2, 0.25) is 5.75 Å². The van der Waals surface area contributed by atoms with Crippen molar-refractivity contribution >= 4 is 17.5 Å². The van der Waals surface area contributed by atoms with Gasteiger partial charge in [-0.3, -0.25) is 4.79 Å². The van der Waals surface area contributed by atoms with Gasteiger partial charge in [-0.25, -0.2) is 4.39 Å². The van der Waals surface area contributed by atoms with Crippen molar-refractivity contribution in [2.75, 3.05) is 59.0 Å². The van der Waals surface area contributed by atoms with Crippen molar-refractivity contribution in [3.63, 3.8) is 0 Å². The highest BCUT2D eigenvalue weighted by Gasteiger charge is 2.19. The van der Waals surface area contributed by atoms with Crippen molar-refractivity contribution in [2.24, 2.45) is 0 Å². The van der Waals surface area contributed by atoms with E-state index in [-0.39, 0.29) is 11.6 Å². The van der Waals surface area contributed by atoms with Gasteiger partial charge < -0.3 is 24.0 Å². The average Bonchev–Trinajstić information content (AvgIpc) is 2.81. The van der Waals surface area contributed by atoms with Crippen molar-refractivity contribution in [1.29, 1.82) is 0 Å². The number of ether oxygens (including phenoxy) is 3. The molecule has 3 rings (SSSR count). The minimum atomic E-state index is -0.378. The maximum Gasteiger partial charge on any atom is 0.203 e. The molecule has 0 unspecified atom stereocenters. The number of nitrogens with zero attached hydrogens (tertiary/aromatic N) is 2. The van der Waals surface area contributed by atoms with Gasteiger partial charge in [-0.1, -0.05) is 13.0 Å². The molecule has 2 aromatic carbocycles. The first-order valence-corrected chi connectivity index (χ1v) is 10.3. The molecule has 0 bridgehead atoms. The Hall–Kier alpha value is -3.06. The van der Waals surface area contributed by atoms with Gasteiger partial charge in [-0.15, -0.1) is 0 Å². The van der Waals surface area contributed by atoms with Crippen molar-refractivity contribution < 1.29 is 23.4 Å². The quantitative estimate of drug-likeness (QED) is 0.470. The summed E-state index contributed by atoms with van der Waals surface area (Å²) in [5.74, 6) is 0.804. The topological polar surface area (TPSA) is 51.2 Å². The molecule has 0 radical (unpaired) electrons. The molecule has 0 amide bonds. The zero-order chi connectivity index (χ0) is 22.4. The molecule has 7 heteroatoms. The Morgan fingerprint density at radius 3 is 2.16 bits per heavy atom. The summed E-state index contributed by atoms with van der Waals surface area (Å²) in [6, 6.07) is 8.16. The molecule has 1 saturated heterocycles. The van der Waals surface area contributed by atoms with E-state index >= 15 is 0 Å². The summed E-state index contributed by atoms with van der Waals surface area (Å²) in [7, 11) is 4.59. The third kappa shape index (κ3) is 5.17. The van der Waals surface area contributed by atoms with Crippen LogP contribution in [-0.2, 0) is 0 Å². The highest BCUT2D eigenvalue weighted by molar-refractivity contribution is 6.07. The fourth-order valence-electron chi connectivity index (χ4n) is 3.69. The number of hydrogen-bond donors (Lipinski definition) is 0. The van der Waals surface area contributed by atoms with E-state index < -0.39 is 0 Å². The molecule has 1 aliphatic rings. The second kappa shape index (κ2) is 10.3. The number of methoxy groups -OCH3 is 3. The molecule has 0 aliphatic carbocycles. The maximum absolute atomic E-state index is 14.7. The lowest BCUT2D eigenvalue weighted by atomic mass is 10.1. The highest BCUT2D eigenvalue weighted by Crippen LogP contribution is 2.38. The number of benzene rings is 2. The minimum absolute atomic E-state index is 0.282. The van der Waals surface area contributed by atoms with Crippen LogP contribution in [-0.4, -0.2) is 64.7 Å². The second-order valence-corrected chi connectivity index (χ2v) is 7.24. The fourth-order valence-corrected chi connectivity index (χ4v) is 3.69. The van der Waals surface area contributed by atoms with Crippen molar-refractivity contribution in [3.05, 3.63) is 53.4 Å². The van der Waals surface area contributed by atoms with Crippen LogP contribution in [0.1, 0.15) is 22.8 Å². The van der Waals surface area contributed by atoms with Crippen LogP contribution in [0.15, 0.2) is 36.4 Å². The lowest BCUT2D eigenvalue weighted by molar-refractivity contribution is 0.104. The van der Waals surface area contributed by atoms with Crippen molar-refractivity contribution in [1.82, 2.24) is 4.90 Å². The van der Waals surface area contributed by atoms with Crippen LogP contribution in [0.3, 0.4) is 0 Å². The first-order valence-electron chi connectivity index (χ1n) is 10.3. The van der Waals surface area contributed by atoms with Gasteiger partial charge in [0, 0.05) is 31.7 Å². The predicted octanol–water partition coefficient (Wildman–Crippen LogP) is 3.89. The molecule has 0 saturated carbocycles. The molecule has 6 nitrogen and oxygen atoms in total. The molecule has 31 heavy (non-hydrogen) atoms. The van der Waals surface area contributed by atoms with Gasteiger partial charge in [0.25, 0.3) is 0 Å². The Kier molecular flexibility index (Phi) is 7.52. The van der Waals surface area contributed by atoms with Gasteiger partial charge in [0.15, 0.2) is 17.3 Å². The highest BCUT2D eigenvalue weighted by atomic mass is 19.1. The average molecular weight is 429 g/mol. The van der Waals surface area contributed by atoms with Gasteiger partial charge in [-0.2, -0.15) is 0 Å². The fraction of sp³-hybridized carbons (Fsp3) is 0.375. The first-order chi connectivity index (χ1) is 15.0. The summed E-state index contributed by atoms with van der Waals surface area (Å²) < 4.78 is 30.7. The predicted molar refractivity (Wildman–Crippen MR) is 120 cm³/mol. The van der Waals surface area contributed by atoms with Gasteiger partial charge >= 0.3 is 0 Å². The first kappa shape index (κ1) is 22.6. The number of rotatable bonds is 8. The van der Waals surface area contributed by atoms with Crippen molar-refractivity contribution in [3.8, 4) is 17.2 Å². The Morgan fingerprint density at radius 2 is 1.65 bits per heavy atom. The third-order valence-electron chi connectivity index (χ3n) is 5.51. The summed E-state index contributed by atoms with van der Waals surface area (Å²) >= 11 is 0. The summed E-state index contributed by atoms with van der Waals surface area (Å²) in [5.41, 5.74) is 1.55. The van der Waals surface area contributed by atoms with E-state index in [0.717, 1.165) is 32.7 Å². The van der Waals surface area contributed by atoms with Crippen molar-refractivity contribution in [2.45, 2.75) is 6.92 Å². The lowest BCUT2D eigenvalue weighted by Crippen LogP contribution is -2.46. The summed E-state index contributed by atoms with van der Waals surface area (Å²) in [4.78, 5) is 17.0. The molecule has 0 N–H and O–H groups in total. The zero-order valence-corrected chi connectivity index (χ0v) is 18.5. The summed E-state index contributed by atoms with van der Waals surface area (Å²) in [6.07, 6.45) is 3.05. The number of halogens is 1. The number of piperazine rings is 1. The van der Waals surface area contributed by atoms with Crippen LogP contribution in [0.4, 0.5) is 10.1 Å². The number of allylic oxidation sites excluding steroid dienone is 1. The molecule has 1 fully saturated rings. The van der Waals surface area contributed by atoms with Crippen LogP contribution in [0.25, 0.3) is 6.08 Å². The Labute approximate surface area is 182 Å². The summed E-state index contributed by atoms with van der Waals surface area (Å²) in [6.45, 7) is 6.50. The molecule has 166 valence electrons. The SMILES string of the molecule is CCN1CCN(c2ccc(C(=O)/C=C/c3cc(OC)c(OC)c(OC)c3)cc2F)CC1. The van der Waals surface area contributed by atoms with Gasteiger partial charge in [0.1, 0.15) is 5.82 Å². The minimum Gasteiger partial charge on any atom is -0.493 e. The van der Waals surface area contributed by atoms with E-state index in [1.54, 1.807) is 30.3 Å². The van der Waals surface area contributed by atoms with Crippen LogP contribution in [0, 0.1) is 5.82 Å². The summed E-state index contributed by atoms with van der Waals surface area (Å²) in [5, 5.41) is 0. The van der Waals surface area contributed by atoms with Gasteiger partial charge in [-0.05, 0) is 48.5 Å². The maximum atomic E-state index is 14.7. The van der Waals surface area contributed by atoms with E-state index in [2.05, 4.69) is 11.8 Å². The third-order valence-corrected chi connectivity index (χ3v) is 5.51. The molecule has 0 aromatic heterocycles. The van der Waals surface area contributed by atoms with E-state index in [1.165, 1.54) is 33.5 Å². The molecule has 1 heterocycles. The van der Waals surface area contributed by atoms with E-state index in [4.69, 9.17) is 14.2 Å². The van der Waals surface area contributed by atoms with E-state index in [9.17, 15) is 9.18 Å². The molecule has 2 aromatic rings. The Balaban J connectivity index is 1.75. The monoisotopic (exact) mass is 428 g/mol. The van der Waals surface area contributed by atoms with Gasteiger partial charge in [0.05, 0.1) is 27.0 Å². The van der Waals surface area contributed by atoms with Crippen LogP contribution >= 0.6 is 0 Å². The molecular weight excluding hydrogens is 399 g/mol. The Morgan fingerprint density at radius 1 is 1.00 bits per heavy atom. The zero-order valence-electron chi connectivity index (χ0n) is 18.5. The van der Waals surface area contributed by atoms with E-state index in [1.807, 2.05) is 4.90 Å². The number of carbonyl (C=O) groups excluding carboxylic acids is 1. The number of likely N-dealkylation sites (N-methyl/N-ethyl adjacent to an activating group) is 1. The smallest absolute Gasteiger partial charge is 0.203 e. The molecule has 1 aliphatic heterocycles. The number of ketones is 1. The Bertz CT molecular complexity index is 928. The molecule has 0 spiro atoms. The second-order valence-electron chi connectivity index (χ2n) is 7.24. The van der Waals surface area contributed by atoms with Crippen LogP contribution in [0.5, 0.6) is 17.2 Å². The normalized spacial score (nSPS) is 14.7. The van der Waals surface area contributed by atoms with Crippen LogP contribution < -0.4 is 19.1 Å². The van der Waals surface area contributed by atoms with E-state index in [0.29, 0.717) is 34.1 Å². The standard InChI is InChI=1S/C24H29FN2O4/c1-5-26-10-12-27(13-11-26)20-8-7-18(16-19(20)25)21(28)9-6-17-14-22(29-2)24(31-4)23(15-17)30-3/h6-9,14-16H,5,10-13H2,1-4H3/b9-6+.